The number of nitrogens with one attached hydrogen (secondary N) is 3. The molecule has 0 atom stereocenters. The van der Waals surface area contributed by atoms with Crippen LogP contribution in [0.2, 0.25) is 0 Å². The Morgan fingerprint density at radius 3 is 2.23 bits per heavy atom. The Morgan fingerprint density at radius 1 is 1.00 bits per heavy atom. The highest BCUT2D eigenvalue weighted by Crippen LogP contribution is 2.25. The number of aliphatic carboxylic acids is 1. The van der Waals surface area contributed by atoms with E-state index in [-0.39, 0.29) is 5.91 Å². The molecular weight excluding hydrogens is 531 g/mol. The number of nitrogens with zero attached hydrogens (tertiary/aromatic N) is 4. The Morgan fingerprint density at radius 2 is 1.65 bits per heavy atom. The van der Waals surface area contributed by atoms with Gasteiger partial charge in [0.05, 0.1) is 7.11 Å². The quantitative estimate of drug-likeness (QED) is 0.338. The van der Waals surface area contributed by atoms with E-state index >= 15 is 0 Å². The number of anilines is 5. The summed E-state index contributed by atoms with van der Waals surface area (Å²) in [5.74, 6) is -1.54. The minimum absolute atomic E-state index is 0.275. The third kappa shape index (κ3) is 8.46. The molecule has 214 valence electrons. The molecule has 2 heterocycles. The number of amides is 1. The molecule has 11 nitrogen and oxygen atoms in total. The second-order valence-electron chi connectivity index (χ2n) is 8.66. The van der Waals surface area contributed by atoms with Gasteiger partial charge in [-0.3, -0.25) is 4.79 Å². The maximum absolute atomic E-state index is 12.3. The van der Waals surface area contributed by atoms with Gasteiger partial charge in [-0.25, -0.2) is 9.78 Å². The second-order valence-corrected chi connectivity index (χ2v) is 8.66. The number of carboxylic acid groups (broad SMARTS) is 1. The molecule has 0 saturated carbocycles. The van der Waals surface area contributed by atoms with E-state index in [1.165, 1.54) is 11.9 Å². The summed E-state index contributed by atoms with van der Waals surface area (Å²) < 4.78 is 37.0. The second kappa shape index (κ2) is 13.5. The van der Waals surface area contributed by atoms with Crippen molar-refractivity contribution in [3.05, 3.63) is 60.3 Å². The number of ether oxygens (including phenoxy) is 1. The highest BCUT2D eigenvalue weighted by Gasteiger charge is 2.38. The summed E-state index contributed by atoms with van der Waals surface area (Å²) in [6, 6.07) is 15.6. The largest absolute Gasteiger partial charge is 0.497 e. The summed E-state index contributed by atoms with van der Waals surface area (Å²) in [7, 11) is 5.33. The van der Waals surface area contributed by atoms with E-state index < -0.39 is 12.1 Å². The average Bonchev–Trinajstić information content (AvgIpc) is 2.93. The van der Waals surface area contributed by atoms with Gasteiger partial charge in [0.25, 0.3) is 5.91 Å². The lowest BCUT2D eigenvalue weighted by molar-refractivity contribution is -0.192. The van der Waals surface area contributed by atoms with E-state index in [1.807, 2.05) is 36.4 Å². The van der Waals surface area contributed by atoms with Crippen LogP contribution < -0.4 is 25.6 Å². The molecule has 1 aromatic heterocycles. The van der Waals surface area contributed by atoms with Gasteiger partial charge < -0.3 is 35.6 Å². The Labute approximate surface area is 229 Å². The van der Waals surface area contributed by atoms with Gasteiger partial charge in [-0.1, -0.05) is 6.07 Å². The number of halogens is 3. The van der Waals surface area contributed by atoms with Crippen molar-refractivity contribution in [1.29, 1.82) is 0 Å². The molecule has 1 saturated heterocycles. The van der Waals surface area contributed by atoms with Crippen LogP contribution in [0.1, 0.15) is 10.4 Å². The number of aromatic nitrogens is 2. The number of piperazine rings is 1. The number of carbonyl (C=O) groups excluding carboxylic acids is 1. The molecule has 0 unspecified atom stereocenters. The number of hydrogen-bond donors (Lipinski definition) is 4. The number of rotatable bonds is 7. The van der Waals surface area contributed by atoms with Gasteiger partial charge >= 0.3 is 12.1 Å². The van der Waals surface area contributed by atoms with Gasteiger partial charge in [-0.15, -0.1) is 0 Å². The molecule has 14 heteroatoms. The number of likely N-dealkylation sites (N-methyl/N-ethyl adjacent to an activating group) is 1. The third-order valence-corrected chi connectivity index (χ3v) is 5.83. The molecule has 0 radical (unpaired) electrons. The predicted molar refractivity (Wildman–Crippen MR) is 145 cm³/mol. The molecule has 1 amide bonds. The van der Waals surface area contributed by atoms with E-state index in [0.29, 0.717) is 23.1 Å². The SMILES string of the molecule is CNC(=O)c1cnc(Nc2ccc(N3CCN(C)CC3)cc2)nc1Nc1cccc(OC)c1.O=C(O)C(F)(F)F. The molecule has 1 aliphatic rings. The molecule has 1 aliphatic heterocycles. The van der Waals surface area contributed by atoms with Crippen LogP contribution in [-0.2, 0) is 4.79 Å². The summed E-state index contributed by atoms with van der Waals surface area (Å²) >= 11 is 0. The lowest BCUT2D eigenvalue weighted by Gasteiger charge is -2.34. The van der Waals surface area contributed by atoms with Crippen LogP contribution in [0.15, 0.2) is 54.7 Å². The number of benzene rings is 2. The third-order valence-electron chi connectivity index (χ3n) is 5.83. The number of methoxy groups -OCH3 is 1. The molecule has 4 N–H and O–H groups in total. The summed E-state index contributed by atoms with van der Waals surface area (Å²) in [6.07, 6.45) is -3.57. The minimum Gasteiger partial charge on any atom is -0.497 e. The van der Waals surface area contributed by atoms with Crippen LogP contribution in [0.3, 0.4) is 0 Å². The zero-order valence-electron chi connectivity index (χ0n) is 22.1. The topological polar surface area (TPSA) is 132 Å². The van der Waals surface area contributed by atoms with Crippen molar-refractivity contribution in [3.63, 3.8) is 0 Å². The van der Waals surface area contributed by atoms with Crippen molar-refractivity contribution in [2.75, 3.05) is 62.9 Å². The van der Waals surface area contributed by atoms with Gasteiger partial charge in [0.1, 0.15) is 17.1 Å². The van der Waals surface area contributed by atoms with Gasteiger partial charge in [0, 0.05) is 62.6 Å². The predicted octanol–water partition coefficient (Wildman–Crippen LogP) is 3.72. The van der Waals surface area contributed by atoms with Crippen LogP contribution in [-0.4, -0.2) is 85.4 Å². The lowest BCUT2D eigenvalue weighted by atomic mass is 10.2. The maximum atomic E-state index is 12.3. The normalized spacial score (nSPS) is 13.5. The summed E-state index contributed by atoms with van der Waals surface area (Å²) in [5, 5.41) is 16.2. The molecule has 0 bridgehead atoms. The number of alkyl halides is 3. The first-order chi connectivity index (χ1) is 19.0. The van der Waals surface area contributed by atoms with Gasteiger partial charge in [-0.2, -0.15) is 18.2 Å². The van der Waals surface area contributed by atoms with Crippen LogP contribution in [0.25, 0.3) is 0 Å². The van der Waals surface area contributed by atoms with Crippen molar-refractivity contribution in [1.82, 2.24) is 20.2 Å². The van der Waals surface area contributed by atoms with Crippen molar-refractivity contribution < 1.29 is 32.6 Å². The Balaban J connectivity index is 0.000000559. The standard InChI is InChI=1S/C24H29N7O2.C2HF3O2/c1-25-23(32)21-16-26-24(29-22(21)27-18-5-4-6-20(15-18)33-3)28-17-7-9-19(10-8-17)31-13-11-30(2)12-14-31;3-2(4,5)1(6)7/h4-10,15-16H,11-14H2,1-3H3,(H,25,32)(H2,26,27,28,29);(H,6,7). The molecular formula is C26H30F3N7O4. The zero-order valence-corrected chi connectivity index (χ0v) is 22.1. The minimum atomic E-state index is -5.08. The number of hydrogen-bond acceptors (Lipinski definition) is 9. The fourth-order valence-corrected chi connectivity index (χ4v) is 3.63. The molecule has 3 aromatic rings. The Hall–Kier alpha value is -4.59. The van der Waals surface area contributed by atoms with Crippen molar-refractivity contribution >= 4 is 40.7 Å². The summed E-state index contributed by atoms with van der Waals surface area (Å²) in [5.41, 5.74) is 3.16. The Kier molecular flexibility index (Phi) is 10.1. The van der Waals surface area contributed by atoms with Gasteiger partial charge in [0.15, 0.2) is 0 Å². The first-order valence-corrected chi connectivity index (χ1v) is 12.1. The van der Waals surface area contributed by atoms with E-state index in [4.69, 9.17) is 14.6 Å². The lowest BCUT2D eigenvalue weighted by Crippen LogP contribution is -2.44. The zero-order chi connectivity index (χ0) is 29.3. The summed E-state index contributed by atoms with van der Waals surface area (Å²) in [4.78, 5) is 34.9. The number of carboxylic acids is 1. The summed E-state index contributed by atoms with van der Waals surface area (Å²) in [6.45, 7) is 4.17. The number of carbonyl (C=O) groups is 2. The van der Waals surface area contributed by atoms with Crippen molar-refractivity contribution in [3.8, 4) is 5.75 Å². The smallest absolute Gasteiger partial charge is 0.490 e. The van der Waals surface area contributed by atoms with Crippen molar-refractivity contribution in [2.45, 2.75) is 6.18 Å². The fourth-order valence-electron chi connectivity index (χ4n) is 3.63. The monoisotopic (exact) mass is 561 g/mol. The first kappa shape index (κ1) is 30.0. The highest BCUT2D eigenvalue weighted by molar-refractivity contribution is 5.99. The fraction of sp³-hybridized carbons (Fsp3) is 0.308. The van der Waals surface area contributed by atoms with E-state index in [0.717, 1.165) is 37.6 Å². The van der Waals surface area contributed by atoms with E-state index in [9.17, 15) is 18.0 Å². The van der Waals surface area contributed by atoms with Gasteiger partial charge in [-0.05, 0) is 43.4 Å². The van der Waals surface area contributed by atoms with Crippen molar-refractivity contribution in [2.24, 2.45) is 0 Å². The van der Waals surface area contributed by atoms with Crippen LogP contribution in [0.4, 0.5) is 42.0 Å². The van der Waals surface area contributed by atoms with Gasteiger partial charge in [0.2, 0.25) is 5.95 Å². The first-order valence-electron chi connectivity index (χ1n) is 12.1. The van der Waals surface area contributed by atoms with Crippen LogP contribution >= 0.6 is 0 Å². The van der Waals surface area contributed by atoms with Crippen LogP contribution in [0.5, 0.6) is 5.75 Å². The molecule has 40 heavy (non-hydrogen) atoms. The van der Waals surface area contributed by atoms with E-state index in [1.54, 1.807) is 14.2 Å². The highest BCUT2D eigenvalue weighted by atomic mass is 19.4. The maximum Gasteiger partial charge on any atom is 0.490 e. The Bertz CT molecular complexity index is 1300. The molecule has 4 rings (SSSR count). The average molecular weight is 562 g/mol. The van der Waals surface area contributed by atoms with Crippen LogP contribution in [0, 0.1) is 0 Å². The molecule has 2 aromatic carbocycles. The van der Waals surface area contributed by atoms with E-state index in [2.05, 4.69) is 54.9 Å². The molecule has 0 aliphatic carbocycles. The molecule has 0 spiro atoms. The molecule has 1 fully saturated rings.